The molecule has 1 aromatic carbocycles. The van der Waals surface area contributed by atoms with Gasteiger partial charge in [0.25, 0.3) is 0 Å². The number of hydrogen-bond donors (Lipinski definition) is 1. The standard InChI is InChI=1S/C14H23FN2/c1-4-14(3,10-16)11-17(5-2)13-9-7-6-8-12(13)15/h6-9H,4-5,10-11,16H2,1-3H3. The Morgan fingerprint density at radius 3 is 2.41 bits per heavy atom. The van der Waals surface area contributed by atoms with E-state index < -0.39 is 0 Å². The zero-order valence-corrected chi connectivity index (χ0v) is 11.0. The summed E-state index contributed by atoms with van der Waals surface area (Å²) in [4.78, 5) is 2.06. The van der Waals surface area contributed by atoms with Gasteiger partial charge in [0.15, 0.2) is 0 Å². The van der Waals surface area contributed by atoms with Gasteiger partial charge in [-0.25, -0.2) is 4.39 Å². The third-order valence-electron chi connectivity index (χ3n) is 3.49. The first-order valence-corrected chi connectivity index (χ1v) is 6.26. The third kappa shape index (κ3) is 3.43. The Morgan fingerprint density at radius 2 is 1.94 bits per heavy atom. The molecule has 17 heavy (non-hydrogen) atoms. The summed E-state index contributed by atoms with van der Waals surface area (Å²) < 4.78 is 13.7. The van der Waals surface area contributed by atoms with Crippen LogP contribution in [0.3, 0.4) is 0 Å². The minimum Gasteiger partial charge on any atom is -0.369 e. The largest absolute Gasteiger partial charge is 0.369 e. The van der Waals surface area contributed by atoms with Gasteiger partial charge in [0, 0.05) is 13.1 Å². The zero-order chi connectivity index (χ0) is 12.9. The lowest BCUT2D eigenvalue weighted by Gasteiger charge is -2.35. The average Bonchev–Trinajstić information content (AvgIpc) is 2.37. The van der Waals surface area contributed by atoms with Gasteiger partial charge in [-0.1, -0.05) is 26.0 Å². The fourth-order valence-corrected chi connectivity index (χ4v) is 1.86. The van der Waals surface area contributed by atoms with Crippen molar-refractivity contribution in [2.45, 2.75) is 27.2 Å². The molecular formula is C14H23FN2. The monoisotopic (exact) mass is 238 g/mol. The molecule has 0 saturated heterocycles. The smallest absolute Gasteiger partial charge is 0.146 e. The van der Waals surface area contributed by atoms with Gasteiger partial charge >= 0.3 is 0 Å². The summed E-state index contributed by atoms with van der Waals surface area (Å²) in [7, 11) is 0. The maximum absolute atomic E-state index is 13.7. The molecular weight excluding hydrogens is 215 g/mol. The summed E-state index contributed by atoms with van der Waals surface area (Å²) >= 11 is 0. The lowest BCUT2D eigenvalue weighted by Crippen LogP contribution is -2.40. The van der Waals surface area contributed by atoms with E-state index in [0.29, 0.717) is 12.2 Å². The lowest BCUT2D eigenvalue weighted by molar-refractivity contribution is 0.325. The van der Waals surface area contributed by atoms with Crippen LogP contribution in [0.2, 0.25) is 0 Å². The van der Waals surface area contributed by atoms with Crippen molar-refractivity contribution in [2.24, 2.45) is 11.1 Å². The van der Waals surface area contributed by atoms with Crippen LogP contribution in [0.4, 0.5) is 10.1 Å². The van der Waals surface area contributed by atoms with E-state index in [-0.39, 0.29) is 11.2 Å². The van der Waals surface area contributed by atoms with Gasteiger partial charge in [-0.2, -0.15) is 0 Å². The molecule has 0 amide bonds. The molecule has 0 spiro atoms. The van der Waals surface area contributed by atoms with Gasteiger partial charge < -0.3 is 10.6 Å². The van der Waals surface area contributed by atoms with Crippen molar-refractivity contribution in [3.63, 3.8) is 0 Å². The Balaban J connectivity index is 2.90. The van der Waals surface area contributed by atoms with Crippen LogP contribution >= 0.6 is 0 Å². The molecule has 0 fully saturated rings. The molecule has 0 radical (unpaired) electrons. The highest BCUT2D eigenvalue weighted by atomic mass is 19.1. The van der Waals surface area contributed by atoms with E-state index in [2.05, 4.69) is 18.7 Å². The second-order valence-electron chi connectivity index (χ2n) is 4.83. The molecule has 0 heterocycles. The number of rotatable bonds is 6. The molecule has 1 atom stereocenters. The summed E-state index contributed by atoms with van der Waals surface area (Å²) in [5.74, 6) is -0.162. The van der Waals surface area contributed by atoms with Gasteiger partial charge in [0.2, 0.25) is 0 Å². The first-order valence-electron chi connectivity index (χ1n) is 6.26. The van der Waals surface area contributed by atoms with Crippen LogP contribution in [0.15, 0.2) is 24.3 Å². The van der Waals surface area contributed by atoms with Crippen LogP contribution in [0.5, 0.6) is 0 Å². The number of nitrogens with two attached hydrogens (primary N) is 1. The SMILES string of the molecule is CCN(CC(C)(CC)CN)c1ccccc1F. The van der Waals surface area contributed by atoms with Crippen LogP contribution in [-0.4, -0.2) is 19.6 Å². The summed E-state index contributed by atoms with van der Waals surface area (Å²) in [5.41, 5.74) is 6.53. The molecule has 3 heteroatoms. The van der Waals surface area contributed by atoms with E-state index in [9.17, 15) is 4.39 Å². The second-order valence-corrected chi connectivity index (χ2v) is 4.83. The predicted octanol–water partition coefficient (Wildman–Crippen LogP) is 3.03. The van der Waals surface area contributed by atoms with Crippen LogP contribution in [0.1, 0.15) is 27.2 Å². The summed E-state index contributed by atoms with van der Waals surface area (Å²) in [6, 6.07) is 6.91. The van der Waals surface area contributed by atoms with Crippen molar-refractivity contribution < 1.29 is 4.39 Å². The maximum Gasteiger partial charge on any atom is 0.146 e. The van der Waals surface area contributed by atoms with Gasteiger partial charge in [0.05, 0.1) is 5.69 Å². The van der Waals surface area contributed by atoms with E-state index >= 15 is 0 Å². The topological polar surface area (TPSA) is 29.3 Å². The molecule has 1 unspecified atom stereocenters. The van der Waals surface area contributed by atoms with Crippen molar-refractivity contribution in [3.8, 4) is 0 Å². The van der Waals surface area contributed by atoms with Gasteiger partial charge in [-0.3, -0.25) is 0 Å². The van der Waals surface area contributed by atoms with Crippen LogP contribution in [-0.2, 0) is 0 Å². The summed E-state index contributed by atoms with van der Waals surface area (Å²) in [5, 5.41) is 0. The number of para-hydroxylation sites is 1. The fourth-order valence-electron chi connectivity index (χ4n) is 1.86. The molecule has 0 aromatic heterocycles. The van der Waals surface area contributed by atoms with E-state index in [4.69, 9.17) is 5.73 Å². The van der Waals surface area contributed by atoms with Crippen molar-refractivity contribution in [1.29, 1.82) is 0 Å². The van der Waals surface area contributed by atoms with Crippen LogP contribution in [0, 0.1) is 11.2 Å². The van der Waals surface area contributed by atoms with E-state index in [1.807, 2.05) is 19.1 Å². The molecule has 0 saturated carbocycles. The molecule has 0 bridgehead atoms. The minimum atomic E-state index is -0.162. The molecule has 1 aromatic rings. The molecule has 0 aliphatic rings. The number of nitrogens with zero attached hydrogens (tertiary/aromatic N) is 1. The van der Waals surface area contributed by atoms with Crippen molar-refractivity contribution in [3.05, 3.63) is 30.1 Å². The van der Waals surface area contributed by atoms with Crippen molar-refractivity contribution in [1.82, 2.24) is 0 Å². The van der Waals surface area contributed by atoms with E-state index in [1.54, 1.807) is 6.07 Å². The first kappa shape index (κ1) is 14.0. The Hall–Kier alpha value is -1.09. The summed E-state index contributed by atoms with van der Waals surface area (Å²) in [6.07, 6.45) is 0.994. The minimum absolute atomic E-state index is 0.0400. The summed E-state index contributed by atoms with van der Waals surface area (Å²) in [6.45, 7) is 8.51. The zero-order valence-electron chi connectivity index (χ0n) is 11.0. The average molecular weight is 238 g/mol. The van der Waals surface area contributed by atoms with E-state index in [1.165, 1.54) is 6.07 Å². The number of anilines is 1. The van der Waals surface area contributed by atoms with Gasteiger partial charge in [0.1, 0.15) is 5.82 Å². The Bertz CT molecular complexity index is 348. The van der Waals surface area contributed by atoms with E-state index in [0.717, 1.165) is 19.5 Å². The number of halogens is 1. The molecule has 96 valence electrons. The highest BCUT2D eigenvalue weighted by molar-refractivity contribution is 5.47. The third-order valence-corrected chi connectivity index (χ3v) is 3.49. The Kier molecular flexibility index (Phi) is 4.94. The van der Waals surface area contributed by atoms with Gasteiger partial charge in [-0.05, 0) is 37.4 Å². The van der Waals surface area contributed by atoms with Crippen LogP contribution in [0.25, 0.3) is 0 Å². The predicted molar refractivity (Wildman–Crippen MR) is 71.7 cm³/mol. The first-order chi connectivity index (χ1) is 8.06. The second kappa shape index (κ2) is 6.01. The molecule has 0 aliphatic heterocycles. The highest BCUT2D eigenvalue weighted by Crippen LogP contribution is 2.26. The highest BCUT2D eigenvalue weighted by Gasteiger charge is 2.24. The maximum atomic E-state index is 13.7. The Labute approximate surface area is 104 Å². The van der Waals surface area contributed by atoms with Gasteiger partial charge in [-0.15, -0.1) is 0 Å². The number of hydrogen-bond acceptors (Lipinski definition) is 2. The molecule has 0 aliphatic carbocycles. The number of benzene rings is 1. The Morgan fingerprint density at radius 1 is 1.29 bits per heavy atom. The van der Waals surface area contributed by atoms with Crippen LogP contribution < -0.4 is 10.6 Å². The molecule has 1 rings (SSSR count). The quantitative estimate of drug-likeness (QED) is 0.825. The lowest BCUT2D eigenvalue weighted by atomic mass is 9.87. The normalized spacial score (nSPS) is 14.4. The fraction of sp³-hybridized carbons (Fsp3) is 0.571. The van der Waals surface area contributed by atoms with Crippen molar-refractivity contribution in [2.75, 3.05) is 24.5 Å². The molecule has 2 N–H and O–H groups in total. The molecule has 2 nitrogen and oxygen atoms in total. The van der Waals surface area contributed by atoms with Crippen molar-refractivity contribution >= 4 is 5.69 Å².